The van der Waals surface area contributed by atoms with Gasteiger partial charge in [-0.05, 0) is 30.7 Å². The van der Waals surface area contributed by atoms with E-state index in [0.29, 0.717) is 10.6 Å². The van der Waals surface area contributed by atoms with Crippen molar-refractivity contribution < 1.29 is 13.2 Å². The Hall–Kier alpha value is -1.63. The Kier molecular flexibility index (Phi) is 2.74. The van der Waals surface area contributed by atoms with Crippen LogP contribution < -0.4 is 5.56 Å². The highest BCUT2D eigenvalue weighted by Gasteiger charge is 2.30. The number of aromatic amines is 1. The number of alkyl halides is 3. The van der Waals surface area contributed by atoms with Gasteiger partial charge in [0.1, 0.15) is 0 Å². The van der Waals surface area contributed by atoms with Crippen LogP contribution in [0.15, 0.2) is 34.0 Å². The lowest BCUT2D eigenvalue weighted by molar-refractivity contribution is -0.137. The third kappa shape index (κ3) is 2.07. The maximum absolute atomic E-state index is 12.5. The number of halogens is 3. The molecular weight excluding hydrogens is 277 g/mol. The zero-order valence-corrected chi connectivity index (χ0v) is 10.4. The lowest BCUT2D eigenvalue weighted by atomic mass is 10.2. The Morgan fingerprint density at radius 3 is 2.47 bits per heavy atom. The maximum atomic E-state index is 12.5. The number of fused-ring (bicyclic) bond motifs is 1. The smallest absolute Gasteiger partial charge is 0.294 e. The third-order valence-corrected chi connectivity index (χ3v) is 4.09. The number of aromatic nitrogens is 2. The van der Waals surface area contributed by atoms with Gasteiger partial charge in [-0.2, -0.15) is 13.2 Å². The van der Waals surface area contributed by atoms with Crippen molar-refractivity contribution in [1.29, 1.82) is 0 Å². The molecule has 0 bridgehead atoms. The minimum absolute atomic E-state index is 0.197. The number of aryl methyl sites for hydroxylation is 1. The van der Waals surface area contributed by atoms with Crippen LogP contribution in [0.4, 0.5) is 13.2 Å². The summed E-state index contributed by atoms with van der Waals surface area (Å²) >= 11 is 1.47. The molecule has 3 rings (SSSR count). The molecule has 0 fully saturated rings. The van der Waals surface area contributed by atoms with Crippen molar-refractivity contribution >= 4 is 11.8 Å². The van der Waals surface area contributed by atoms with E-state index < -0.39 is 11.7 Å². The lowest BCUT2D eigenvalue weighted by Gasteiger charge is -2.07. The summed E-state index contributed by atoms with van der Waals surface area (Å²) in [5.41, 5.74) is 0.345. The van der Waals surface area contributed by atoms with E-state index in [1.807, 2.05) is 0 Å². The summed E-state index contributed by atoms with van der Waals surface area (Å²) in [6.07, 6.45) is -3.58. The second kappa shape index (κ2) is 4.19. The molecule has 1 aromatic heterocycles. The van der Waals surface area contributed by atoms with Gasteiger partial charge in [-0.25, -0.2) is 4.68 Å². The number of nitrogens with zero attached hydrogens (tertiary/aromatic N) is 1. The van der Waals surface area contributed by atoms with Crippen LogP contribution in [0.1, 0.15) is 11.3 Å². The predicted octanol–water partition coefficient (Wildman–Crippen LogP) is 2.83. The van der Waals surface area contributed by atoms with E-state index in [-0.39, 0.29) is 5.56 Å². The van der Waals surface area contributed by atoms with Crippen LogP contribution >= 0.6 is 11.8 Å². The van der Waals surface area contributed by atoms with Gasteiger partial charge in [-0.3, -0.25) is 9.89 Å². The van der Waals surface area contributed by atoms with Gasteiger partial charge in [0.2, 0.25) is 0 Å². The van der Waals surface area contributed by atoms with E-state index in [2.05, 4.69) is 5.10 Å². The first kappa shape index (κ1) is 12.4. The average Bonchev–Trinajstić information content (AvgIpc) is 2.92. The monoisotopic (exact) mass is 286 g/mol. The van der Waals surface area contributed by atoms with Gasteiger partial charge in [-0.15, -0.1) is 11.8 Å². The molecule has 3 nitrogen and oxygen atoms in total. The van der Waals surface area contributed by atoms with Gasteiger partial charge >= 0.3 is 6.18 Å². The van der Waals surface area contributed by atoms with E-state index in [1.165, 1.54) is 28.6 Å². The van der Waals surface area contributed by atoms with E-state index in [4.69, 9.17) is 0 Å². The van der Waals surface area contributed by atoms with Crippen molar-refractivity contribution in [3.05, 3.63) is 45.9 Å². The second-order valence-electron chi connectivity index (χ2n) is 4.20. The van der Waals surface area contributed by atoms with Gasteiger partial charge in [0.15, 0.2) is 0 Å². The van der Waals surface area contributed by atoms with Crippen LogP contribution in [-0.4, -0.2) is 15.5 Å². The molecule has 2 heterocycles. The summed E-state index contributed by atoms with van der Waals surface area (Å²) in [6, 6.07) is 4.53. The Balaban J connectivity index is 2.02. The van der Waals surface area contributed by atoms with E-state index >= 15 is 0 Å². The van der Waals surface area contributed by atoms with Crippen LogP contribution in [0.2, 0.25) is 0 Å². The first-order valence-electron chi connectivity index (χ1n) is 5.61. The van der Waals surface area contributed by atoms with Crippen LogP contribution in [0.5, 0.6) is 0 Å². The summed E-state index contributed by atoms with van der Waals surface area (Å²) in [6.45, 7) is 0. The van der Waals surface area contributed by atoms with Gasteiger partial charge < -0.3 is 0 Å². The Morgan fingerprint density at radius 1 is 1.21 bits per heavy atom. The van der Waals surface area contributed by atoms with Gasteiger partial charge in [0.25, 0.3) is 5.56 Å². The molecule has 0 aliphatic carbocycles. The molecule has 1 N–H and O–H groups in total. The highest BCUT2D eigenvalue weighted by Crippen LogP contribution is 2.30. The number of rotatable bonds is 1. The highest BCUT2D eigenvalue weighted by molar-refractivity contribution is 7.99. The van der Waals surface area contributed by atoms with Crippen LogP contribution in [-0.2, 0) is 12.6 Å². The SMILES string of the molecule is O=c1c2c([nH]n1-c1ccc(C(F)(F)F)cc1)CCS2. The van der Waals surface area contributed by atoms with Gasteiger partial charge in [0, 0.05) is 5.75 Å². The van der Waals surface area contributed by atoms with Crippen LogP contribution in [0.25, 0.3) is 5.69 Å². The Bertz CT molecular complexity index is 670. The van der Waals surface area contributed by atoms with Crippen LogP contribution in [0, 0.1) is 0 Å². The summed E-state index contributed by atoms with van der Waals surface area (Å²) in [5, 5.41) is 2.94. The third-order valence-electron chi connectivity index (χ3n) is 2.97. The summed E-state index contributed by atoms with van der Waals surface area (Å²) in [7, 11) is 0. The first-order valence-corrected chi connectivity index (χ1v) is 6.60. The molecule has 19 heavy (non-hydrogen) atoms. The molecule has 7 heteroatoms. The van der Waals surface area contributed by atoms with E-state index in [1.54, 1.807) is 0 Å². The fraction of sp³-hybridized carbons (Fsp3) is 0.250. The number of benzene rings is 1. The molecule has 0 unspecified atom stereocenters. The quantitative estimate of drug-likeness (QED) is 0.875. The number of hydrogen-bond acceptors (Lipinski definition) is 2. The number of hydrogen-bond donors (Lipinski definition) is 1. The summed E-state index contributed by atoms with van der Waals surface area (Å²) < 4.78 is 38.6. The number of thioether (sulfide) groups is 1. The van der Waals surface area contributed by atoms with Crippen molar-refractivity contribution in [2.24, 2.45) is 0 Å². The largest absolute Gasteiger partial charge is 0.416 e. The molecule has 0 radical (unpaired) electrons. The zero-order valence-electron chi connectivity index (χ0n) is 9.62. The summed E-state index contributed by atoms with van der Waals surface area (Å²) in [5.74, 6) is 0.865. The number of H-pyrrole nitrogens is 1. The molecular formula is C12H9F3N2OS. The maximum Gasteiger partial charge on any atom is 0.416 e. The lowest BCUT2D eigenvalue weighted by Crippen LogP contribution is -2.16. The predicted molar refractivity (Wildman–Crippen MR) is 65.8 cm³/mol. The molecule has 0 saturated carbocycles. The minimum Gasteiger partial charge on any atom is -0.294 e. The Labute approximate surface area is 110 Å². The van der Waals surface area contributed by atoms with Gasteiger partial charge in [0.05, 0.1) is 21.8 Å². The molecule has 0 amide bonds. The minimum atomic E-state index is -4.36. The molecule has 100 valence electrons. The normalized spacial score (nSPS) is 14.7. The molecule has 2 aromatic rings. The number of nitrogens with one attached hydrogen (secondary N) is 1. The fourth-order valence-electron chi connectivity index (χ4n) is 2.02. The first-order chi connectivity index (χ1) is 8.97. The van der Waals surface area contributed by atoms with Gasteiger partial charge in [-0.1, -0.05) is 0 Å². The molecule has 0 spiro atoms. The standard InChI is InChI=1S/C12H9F3N2OS/c13-12(14,15)7-1-3-8(4-2-7)17-11(18)10-9(16-17)5-6-19-10/h1-4,16H,5-6H2. The van der Waals surface area contributed by atoms with Crippen molar-refractivity contribution in [2.45, 2.75) is 17.5 Å². The average molecular weight is 286 g/mol. The van der Waals surface area contributed by atoms with Crippen molar-refractivity contribution in [3.8, 4) is 5.69 Å². The molecule has 0 atom stereocenters. The second-order valence-corrected chi connectivity index (χ2v) is 5.31. The van der Waals surface area contributed by atoms with E-state index in [9.17, 15) is 18.0 Å². The molecule has 1 aliphatic rings. The molecule has 1 aliphatic heterocycles. The van der Waals surface area contributed by atoms with Crippen molar-refractivity contribution in [1.82, 2.24) is 9.78 Å². The topological polar surface area (TPSA) is 37.8 Å². The van der Waals surface area contributed by atoms with Crippen molar-refractivity contribution in [3.63, 3.8) is 0 Å². The zero-order chi connectivity index (χ0) is 13.6. The van der Waals surface area contributed by atoms with E-state index in [0.717, 1.165) is 30.0 Å². The highest BCUT2D eigenvalue weighted by atomic mass is 32.2. The summed E-state index contributed by atoms with van der Waals surface area (Å²) in [4.78, 5) is 12.7. The van der Waals surface area contributed by atoms with Crippen LogP contribution in [0.3, 0.4) is 0 Å². The molecule has 1 aromatic carbocycles. The van der Waals surface area contributed by atoms with Crippen molar-refractivity contribution in [2.75, 3.05) is 5.75 Å². The molecule has 0 saturated heterocycles. The Morgan fingerprint density at radius 2 is 1.89 bits per heavy atom. The fourth-order valence-corrected chi connectivity index (χ4v) is 3.07.